The maximum atomic E-state index is 11.4. The van der Waals surface area contributed by atoms with E-state index in [2.05, 4.69) is 150 Å². The number of carbonyl (C=O) groups excluding carboxylic acids is 1. The van der Waals surface area contributed by atoms with Crippen LogP contribution in [0.4, 0.5) is 17.1 Å². The molecule has 0 atom stereocenters. The molecule has 0 bridgehead atoms. The molecule has 0 aliphatic heterocycles. The van der Waals surface area contributed by atoms with Gasteiger partial charge in [0, 0.05) is 51.0 Å². The van der Waals surface area contributed by atoms with Gasteiger partial charge in [0.15, 0.2) is 0 Å². The first kappa shape index (κ1) is 27.2. The van der Waals surface area contributed by atoms with Gasteiger partial charge < -0.3 is 9.47 Å². The van der Waals surface area contributed by atoms with Crippen molar-refractivity contribution in [3.05, 3.63) is 162 Å². The zero-order valence-corrected chi connectivity index (χ0v) is 24.6. The molecule has 0 saturated heterocycles. The fraction of sp³-hybridized carbons (Fsp3) is 0.0488. The molecular weight excluding hydrogens is 536 g/mol. The highest BCUT2D eigenvalue weighted by Crippen LogP contribution is 2.35. The second-order valence-electron chi connectivity index (χ2n) is 10.9. The number of fused-ring (bicyclic) bond motifs is 3. The van der Waals surface area contributed by atoms with Crippen molar-refractivity contribution in [2.45, 2.75) is 13.5 Å². The number of aryl methyl sites for hydroxylation is 1. The number of benzene rings is 6. The Kier molecular flexibility index (Phi) is 7.35. The van der Waals surface area contributed by atoms with Gasteiger partial charge in [-0.05, 0) is 95.9 Å². The maximum absolute atomic E-state index is 11.4. The van der Waals surface area contributed by atoms with Crippen molar-refractivity contribution in [2.24, 2.45) is 0 Å². The van der Waals surface area contributed by atoms with E-state index in [4.69, 9.17) is 0 Å². The van der Waals surface area contributed by atoms with E-state index in [1.54, 1.807) is 0 Å². The van der Waals surface area contributed by atoms with Crippen molar-refractivity contribution in [2.75, 3.05) is 4.90 Å². The van der Waals surface area contributed by atoms with Crippen LogP contribution in [0.1, 0.15) is 28.4 Å². The molecule has 0 N–H and O–H groups in total. The molecule has 6 aromatic carbocycles. The maximum Gasteiger partial charge on any atom is 0.150 e. The molecule has 0 spiro atoms. The summed E-state index contributed by atoms with van der Waals surface area (Å²) in [6.07, 6.45) is 5.23. The van der Waals surface area contributed by atoms with Crippen LogP contribution in [0.15, 0.2) is 146 Å². The van der Waals surface area contributed by atoms with Gasteiger partial charge in [-0.15, -0.1) is 0 Å². The SMILES string of the molecule is CCn1c2ccc(C=O)cc2c2cc(C=Cc3ccc(-c4ccc(N(c5ccccc5)c5ccccc5)cc4)cc3)ccc21. The normalized spacial score (nSPS) is 11.4. The summed E-state index contributed by atoms with van der Waals surface area (Å²) in [6, 6.07) is 50.9. The predicted molar refractivity (Wildman–Crippen MR) is 186 cm³/mol. The third-order valence-electron chi connectivity index (χ3n) is 8.23. The van der Waals surface area contributed by atoms with E-state index in [9.17, 15) is 4.79 Å². The predicted octanol–water partition coefficient (Wildman–Crippen LogP) is 10.9. The van der Waals surface area contributed by atoms with Gasteiger partial charge in [-0.25, -0.2) is 0 Å². The molecule has 3 nitrogen and oxygen atoms in total. The van der Waals surface area contributed by atoms with E-state index in [-0.39, 0.29) is 0 Å². The summed E-state index contributed by atoms with van der Waals surface area (Å²) in [6.45, 7) is 3.03. The fourth-order valence-corrected chi connectivity index (χ4v) is 6.04. The van der Waals surface area contributed by atoms with Crippen LogP contribution in [0.25, 0.3) is 45.1 Å². The number of aromatic nitrogens is 1. The van der Waals surface area contributed by atoms with Crippen LogP contribution >= 0.6 is 0 Å². The second kappa shape index (κ2) is 11.9. The molecule has 0 radical (unpaired) electrons. The molecule has 0 aliphatic carbocycles. The number of hydrogen-bond donors (Lipinski definition) is 0. The first-order chi connectivity index (χ1) is 21.7. The van der Waals surface area contributed by atoms with Gasteiger partial charge >= 0.3 is 0 Å². The minimum atomic E-state index is 0.702. The zero-order chi connectivity index (χ0) is 29.9. The van der Waals surface area contributed by atoms with Gasteiger partial charge in [-0.3, -0.25) is 4.79 Å². The Balaban J connectivity index is 1.13. The highest BCUT2D eigenvalue weighted by molar-refractivity contribution is 6.10. The molecule has 0 saturated carbocycles. The van der Waals surface area contributed by atoms with Crippen LogP contribution in [-0.2, 0) is 6.54 Å². The van der Waals surface area contributed by atoms with Gasteiger partial charge in [0.05, 0.1) is 0 Å². The molecule has 3 heteroatoms. The Hall–Kier alpha value is -5.67. The summed E-state index contributed by atoms with van der Waals surface area (Å²) in [5.74, 6) is 0. The van der Waals surface area contributed by atoms with E-state index in [1.165, 1.54) is 22.0 Å². The third kappa shape index (κ3) is 5.21. The fourth-order valence-electron chi connectivity index (χ4n) is 6.04. The molecule has 0 fully saturated rings. The molecule has 0 aliphatic rings. The van der Waals surface area contributed by atoms with Gasteiger partial charge in [0.25, 0.3) is 0 Å². The van der Waals surface area contributed by atoms with E-state index < -0.39 is 0 Å². The molecule has 7 aromatic rings. The lowest BCUT2D eigenvalue weighted by atomic mass is 10.0. The summed E-state index contributed by atoms with van der Waals surface area (Å²) < 4.78 is 2.30. The summed E-state index contributed by atoms with van der Waals surface area (Å²) in [7, 11) is 0. The van der Waals surface area contributed by atoms with Crippen molar-refractivity contribution in [3.63, 3.8) is 0 Å². The van der Waals surface area contributed by atoms with E-state index in [0.717, 1.165) is 51.9 Å². The van der Waals surface area contributed by atoms with Crippen LogP contribution in [0.3, 0.4) is 0 Å². The van der Waals surface area contributed by atoms with Gasteiger partial charge in [-0.1, -0.05) is 91.0 Å². The Morgan fingerprint density at radius 2 is 0.977 bits per heavy atom. The number of rotatable bonds is 8. The van der Waals surface area contributed by atoms with Crippen molar-refractivity contribution in [1.29, 1.82) is 0 Å². The lowest BCUT2D eigenvalue weighted by Crippen LogP contribution is -2.09. The number of aldehydes is 1. The molecule has 1 aromatic heterocycles. The van der Waals surface area contributed by atoms with Crippen molar-refractivity contribution in [3.8, 4) is 11.1 Å². The first-order valence-corrected chi connectivity index (χ1v) is 15.0. The van der Waals surface area contributed by atoms with Crippen LogP contribution in [0.2, 0.25) is 0 Å². The molecule has 44 heavy (non-hydrogen) atoms. The largest absolute Gasteiger partial charge is 0.341 e. The third-order valence-corrected chi connectivity index (χ3v) is 8.23. The van der Waals surface area contributed by atoms with Crippen molar-refractivity contribution >= 4 is 57.3 Å². The molecule has 0 amide bonds. The minimum absolute atomic E-state index is 0.702. The lowest BCUT2D eigenvalue weighted by Gasteiger charge is -2.25. The Labute approximate surface area is 257 Å². The van der Waals surface area contributed by atoms with E-state index in [1.807, 2.05) is 24.3 Å². The Morgan fingerprint density at radius 1 is 0.523 bits per heavy atom. The smallest absolute Gasteiger partial charge is 0.150 e. The van der Waals surface area contributed by atoms with Crippen LogP contribution in [-0.4, -0.2) is 10.9 Å². The first-order valence-electron chi connectivity index (χ1n) is 15.0. The Bertz CT molecular complexity index is 2050. The van der Waals surface area contributed by atoms with Crippen molar-refractivity contribution in [1.82, 2.24) is 4.57 Å². The highest BCUT2D eigenvalue weighted by atomic mass is 16.1. The highest BCUT2D eigenvalue weighted by Gasteiger charge is 2.13. The van der Waals surface area contributed by atoms with Crippen LogP contribution in [0.5, 0.6) is 0 Å². The average Bonchev–Trinajstić information content (AvgIpc) is 3.41. The van der Waals surface area contributed by atoms with E-state index in [0.29, 0.717) is 5.56 Å². The summed E-state index contributed by atoms with van der Waals surface area (Å²) in [4.78, 5) is 13.7. The summed E-state index contributed by atoms with van der Waals surface area (Å²) >= 11 is 0. The minimum Gasteiger partial charge on any atom is -0.341 e. The number of hydrogen-bond acceptors (Lipinski definition) is 2. The molecule has 0 unspecified atom stereocenters. The lowest BCUT2D eigenvalue weighted by molar-refractivity contribution is 0.112. The molecule has 212 valence electrons. The number of para-hydroxylation sites is 2. The van der Waals surface area contributed by atoms with Gasteiger partial charge in [-0.2, -0.15) is 0 Å². The molecule has 7 rings (SSSR count). The Morgan fingerprint density at radius 3 is 1.52 bits per heavy atom. The van der Waals surface area contributed by atoms with E-state index >= 15 is 0 Å². The van der Waals surface area contributed by atoms with Gasteiger partial charge in [0.1, 0.15) is 6.29 Å². The number of anilines is 3. The zero-order valence-electron chi connectivity index (χ0n) is 24.6. The monoisotopic (exact) mass is 568 g/mol. The summed E-state index contributed by atoms with van der Waals surface area (Å²) in [5.41, 5.74) is 11.1. The number of nitrogens with zero attached hydrogens (tertiary/aromatic N) is 2. The van der Waals surface area contributed by atoms with Gasteiger partial charge in [0.2, 0.25) is 0 Å². The number of carbonyl (C=O) groups is 1. The van der Waals surface area contributed by atoms with Crippen molar-refractivity contribution < 1.29 is 4.79 Å². The molecule has 1 heterocycles. The standard InChI is InChI=1S/C41H32N2O/c1-2-42-40-25-17-31(27-38(40)39-28-32(29-44)18-26-41(39)42)14-13-30-15-19-33(20-16-30)34-21-23-37(24-22-34)43(35-9-5-3-6-10-35)36-11-7-4-8-12-36/h3-29H,2H2,1H3. The molecular formula is C41H32N2O. The quantitative estimate of drug-likeness (QED) is 0.135. The topological polar surface area (TPSA) is 25.2 Å². The van der Waals surface area contributed by atoms with Crippen LogP contribution < -0.4 is 4.90 Å². The second-order valence-corrected chi connectivity index (χ2v) is 10.9. The average molecular weight is 569 g/mol. The summed E-state index contributed by atoms with van der Waals surface area (Å²) in [5, 5.41) is 2.29. The van der Waals surface area contributed by atoms with Crippen LogP contribution in [0, 0.1) is 0 Å².